The Bertz CT molecular complexity index is 145. The largest absolute Gasteiger partial charge is 0.390 e. The molecule has 0 saturated heterocycles. The highest BCUT2D eigenvalue weighted by atomic mass is 32.2. The molecular formula is C8H16F3NS. The van der Waals surface area contributed by atoms with E-state index < -0.39 is 12.6 Å². The van der Waals surface area contributed by atoms with Crippen molar-refractivity contribution in [3.05, 3.63) is 0 Å². The molecule has 1 N–H and O–H groups in total. The molecule has 0 atom stereocenters. The van der Waals surface area contributed by atoms with Crippen LogP contribution >= 0.6 is 11.8 Å². The average Bonchev–Trinajstić information content (AvgIpc) is 1.97. The molecule has 0 saturated carbocycles. The van der Waals surface area contributed by atoms with Crippen molar-refractivity contribution in [1.82, 2.24) is 5.32 Å². The molecule has 0 rings (SSSR count). The second-order valence-corrected chi connectivity index (χ2v) is 5.02. The van der Waals surface area contributed by atoms with Crippen molar-refractivity contribution < 1.29 is 13.2 Å². The lowest BCUT2D eigenvalue weighted by Gasteiger charge is -2.22. The third kappa shape index (κ3) is 8.43. The molecule has 0 bridgehead atoms. The maximum atomic E-state index is 11.7. The quantitative estimate of drug-likeness (QED) is 0.708. The van der Waals surface area contributed by atoms with Crippen molar-refractivity contribution in [2.45, 2.75) is 31.2 Å². The van der Waals surface area contributed by atoms with Crippen molar-refractivity contribution in [2.75, 3.05) is 19.3 Å². The van der Waals surface area contributed by atoms with E-state index in [1.165, 1.54) is 0 Å². The van der Waals surface area contributed by atoms with E-state index in [9.17, 15) is 13.2 Å². The van der Waals surface area contributed by atoms with Crippen molar-refractivity contribution in [3.8, 4) is 0 Å². The maximum Gasteiger partial charge on any atom is 0.390 e. The van der Waals surface area contributed by atoms with E-state index in [0.717, 1.165) is 0 Å². The van der Waals surface area contributed by atoms with E-state index in [-0.39, 0.29) is 11.3 Å². The summed E-state index contributed by atoms with van der Waals surface area (Å²) in [5.74, 6) is 0. The zero-order valence-corrected chi connectivity index (χ0v) is 8.98. The summed E-state index contributed by atoms with van der Waals surface area (Å²) in [6.07, 6.45) is -2.85. The van der Waals surface area contributed by atoms with Gasteiger partial charge >= 0.3 is 6.18 Å². The fourth-order valence-corrected chi connectivity index (χ4v) is 0.938. The van der Waals surface area contributed by atoms with E-state index >= 15 is 0 Å². The van der Waals surface area contributed by atoms with Crippen molar-refractivity contribution in [1.29, 1.82) is 0 Å². The third-order valence-corrected chi connectivity index (χ3v) is 2.94. The van der Waals surface area contributed by atoms with Gasteiger partial charge in [0.15, 0.2) is 0 Å². The molecule has 1 nitrogen and oxygen atoms in total. The molecule has 0 aliphatic carbocycles. The predicted octanol–water partition coefficient (Wildman–Crippen LogP) is 2.67. The van der Waals surface area contributed by atoms with E-state index in [0.29, 0.717) is 6.54 Å². The van der Waals surface area contributed by atoms with Gasteiger partial charge < -0.3 is 5.32 Å². The summed E-state index contributed by atoms with van der Waals surface area (Å²) < 4.78 is 35.1. The molecule has 0 aliphatic rings. The first-order chi connectivity index (χ1) is 5.77. The van der Waals surface area contributed by atoms with Gasteiger partial charge in [0.2, 0.25) is 0 Å². The Kier molecular flexibility index (Phi) is 5.14. The first-order valence-electron chi connectivity index (χ1n) is 4.09. The molecule has 0 fully saturated rings. The van der Waals surface area contributed by atoms with Crippen LogP contribution in [0.5, 0.6) is 0 Å². The van der Waals surface area contributed by atoms with Crippen LogP contribution in [0.25, 0.3) is 0 Å². The Morgan fingerprint density at radius 2 is 1.77 bits per heavy atom. The number of nitrogens with one attached hydrogen (secondary N) is 1. The minimum Gasteiger partial charge on any atom is -0.315 e. The molecule has 0 unspecified atom stereocenters. The van der Waals surface area contributed by atoms with E-state index in [2.05, 4.69) is 5.32 Å². The highest BCUT2D eigenvalue weighted by Crippen LogP contribution is 2.21. The van der Waals surface area contributed by atoms with Crippen LogP contribution in [-0.2, 0) is 0 Å². The fourth-order valence-electron chi connectivity index (χ4n) is 0.692. The molecule has 0 radical (unpaired) electrons. The summed E-state index contributed by atoms with van der Waals surface area (Å²) in [6.45, 7) is 4.61. The lowest BCUT2D eigenvalue weighted by molar-refractivity contribution is -0.133. The number of thioether (sulfide) groups is 1. The summed E-state index contributed by atoms with van der Waals surface area (Å²) in [7, 11) is 0. The normalized spacial score (nSPS) is 13.4. The lowest BCUT2D eigenvalue weighted by Crippen LogP contribution is -2.34. The van der Waals surface area contributed by atoms with Gasteiger partial charge in [0.1, 0.15) is 0 Å². The van der Waals surface area contributed by atoms with Crippen LogP contribution < -0.4 is 5.32 Å². The van der Waals surface area contributed by atoms with Crippen molar-refractivity contribution in [2.24, 2.45) is 0 Å². The summed E-state index contributed by atoms with van der Waals surface area (Å²) in [5.41, 5.74) is 0. The van der Waals surface area contributed by atoms with Crippen LogP contribution in [0.3, 0.4) is 0 Å². The van der Waals surface area contributed by atoms with Gasteiger partial charge in [0.25, 0.3) is 0 Å². The highest BCUT2D eigenvalue weighted by molar-refractivity contribution is 7.99. The van der Waals surface area contributed by atoms with Crippen LogP contribution in [0, 0.1) is 0 Å². The standard InChI is InChI=1S/C8H16F3NS/c1-7(2,13-3)6-12-5-4-8(9,10)11/h12H,4-6H2,1-3H3. The molecule has 0 spiro atoms. The Balaban J connectivity index is 3.47. The summed E-state index contributed by atoms with van der Waals surface area (Å²) in [6, 6.07) is 0. The topological polar surface area (TPSA) is 12.0 Å². The monoisotopic (exact) mass is 215 g/mol. The number of halogens is 3. The first kappa shape index (κ1) is 13.1. The van der Waals surface area contributed by atoms with Crippen LogP contribution in [-0.4, -0.2) is 30.3 Å². The predicted molar refractivity (Wildman–Crippen MR) is 51.1 cm³/mol. The molecular weight excluding hydrogens is 199 g/mol. The van der Waals surface area contributed by atoms with Gasteiger partial charge in [-0.25, -0.2) is 0 Å². The van der Waals surface area contributed by atoms with Gasteiger partial charge in [-0.05, 0) is 20.1 Å². The zero-order valence-electron chi connectivity index (χ0n) is 8.16. The summed E-state index contributed by atoms with van der Waals surface area (Å²) in [5, 5.41) is 2.79. The van der Waals surface area contributed by atoms with Gasteiger partial charge in [-0.3, -0.25) is 0 Å². The van der Waals surface area contributed by atoms with E-state index in [1.807, 2.05) is 20.1 Å². The number of hydrogen-bond donors (Lipinski definition) is 1. The Morgan fingerprint density at radius 1 is 1.23 bits per heavy atom. The lowest BCUT2D eigenvalue weighted by atomic mass is 10.2. The molecule has 0 aromatic rings. The molecule has 0 aliphatic heterocycles. The average molecular weight is 215 g/mol. The van der Waals surface area contributed by atoms with Gasteiger partial charge in [-0.2, -0.15) is 24.9 Å². The summed E-state index contributed by atoms with van der Waals surface area (Å²) >= 11 is 1.64. The van der Waals surface area contributed by atoms with Crippen molar-refractivity contribution >= 4 is 11.8 Å². The molecule has 13 heavy (non-hydrogen) atoms. The van der Waals surface area contributed by atoms with Crippen LogP contribution in [0.4, 0.5) is 13.2 Å². The van der Waals surface area contributed by atoms with Crippen LogP contribution in [0.1, 0.15) is 20.3 Å². The van der Waals surface area contributed by atoms with Gasteiger partial charge in [-0.15, -0.1) is 0 Å². The minimum atomic E-state index is -4.05. The third-order valence-electron chi connectivity index (χ3n) is 1.69. The van der Waals surface area contributed by atoms with Crippen LogP contribution in [0.15, 0.2) is 0 Å². The van der Waals surface area contributed by atoms with Crippen molar-refractivity contribution in [3.63, 3.8) is 0 Å². The molecule has 0 heterocycles. The van der Waals surface area contributed by atoms with Gasteiger partial charge in [0, 0.05) is 17.8 Å². The molecule has 0 aromatic carbocycles. The second kappa shape index (κ2) is 5.10. The second-order valence-electron chi connectivity index (χ2n) is 3.51. The smallest absolute Gasteiger partial charge is 0.315 e. The fraction of sp³-hybridized carbons (Fsp3) is 1.00. The van der Waals surface area contributed by atoms with Gasteiger partial charge in [0.05, 0.1) is 6.42 Å². The molecule has 80 valence electrons. The Hall–Kier alpha value is 0.100. The molecule has 0 amide bonds. The minimum absolute atomic E-state index is 0.00555. The maximum absolute atomic E-state index is 11.7. The molecule has 0 aromatic heterocycles. The SMILES string of the molecule is CSC(C)(C)CNCCC(F)(F)F. The van der Waals surface area contributed by atoms with E-state index in [1.54, 1.807) is 11.8 Å². The van der Waals surface area contributed by atoms with E-state index in [4.69, 9.17) is 0 Å². The number of hydrogen-bond acceptors (Lipinski definition) is 2. The Labute approximate surface area is 81.5 Å². The molecule has 5 heteroatoms. The van der Waals surface area contributed by atoms with Gasteiger partial charge in [-0.1, -0.05) is 0 Å². The summed E-state index contributed by atoms with van der Waals surface area (Å²) in [4.78, 5) is 0. The number of rotatable bonds is 5. The zero-order chi connectivity index (χ0) is 10.5. The first-order valence-corrected chi connectivity index (χ1v) is 5.32. The Morgan fingerprint density at radius 3 is 2.15 bits per heavy atom. The van der Waals surface area contributed by atoms with Crippen LogP contribution in [0.2, 0.25) is 0 Å². The highest BCUT2D eigenvalue weighted by Gasteiger charge is 2.26. The number of alkyl halides is 3.